The van der Waals surface area contributed by atoms with Gasteiger partial charge in [-0.3, -0.25) is 0 Å². The first-order valence-electron chi connectivity index (χ1n) is 4.78. The van der Waals surface area contributed by atoms with Crippen molar-refractivity contribution in [2.75, 3.05) is 6.61 Å². The highest BCUT2D eigenvalue weighted by Gasteiger charge is 2.20. The summed E-state index contributed by atoms with van der Waals surface area (Å²) in [6, 6.07) is 0. The molecule has 0 aliphatic carbocycles. The standard InChI is InChI=1S/C10H15BrN2O2/c1-5-15-8(14)7-6-13(9(11)12-7)10(2,3)4/h6H,5H2,1-4H3. The van der Waals surface area contributed by atoms with Crippen LogP contribution in [0.3, 0.4) is 0 Å². The monoisotopic (exact) mass is 274 g/mol. The molecule has 15 heavy (non-hydrogen) atoms. The van der Waals surface area contributed by atoms with Crippen molar-refractivity contribution >= 4 is 21.9 Å². The predicted octanol–water partition coefficient (Wildman–Crippen LogP) is 2.58. The SMILES string of the molecule is CCOC(=O)c1cn(C(C)(C)C)c(Br)n1. The second-order valence-electron chi connectivity index (χ2n) is 4.16. The van der Waals surface area contributed by atoms with Gasteiger partial charge in [0.15, 0.2) is 10.4 Å². The molecule has 1 aromatic heterocycles. The molecule has 0 N–H and O–H groups in total. The molecule has 0 aromatic carbocycles. The van der Waals surface area contributed by atoms with E-state index in [0.29, 0.717) is 17.0 Å². The maximum atomic E-state index is 11.4. The fraction of sp³-hybridized carbons (Fsp3) is 0.600. The van der Waals surface area contributed by atoms with Crippen molar-refractivity contribution in [2.24, 2.45) is 0 Å². The van der Waals surface area contributed by atoms with Crippen molar-refractivity contribution < 1.29 is 9.53 Å². The fourth-order valence-corrected chi connectivity index (χ4v) is 1.96. The van der Waals surface area contributed by atoms with E-state index in [9.17, 15) is 4.79 Å². The maximum absolute atomic E-state index is 11.4. The van der Waals surface area contributed by atoms with E-state index in [1.165, 1.54) is 0 Å². The van der Waals surface area contributed by atoms with E-state index in [2.05, 4.69) is 20.9 Å². The minimum Gasteiger partial charge on any atom is -0.461 e. The van der Waals surface area contributed by atoms with Gasteiger partial charge in [0.1, 0.15) is 0 Å². The summed E-state index contributed by atoms with van der Waals surface area (Å²) in [6.07, 6.45) is 1.70. The molecule has 0 aliphatic rings. The minimum atomic E-state index is -0.388. The van der Waals surface area contributed by atoms with Crippen molar-refractivity contribution in [2.45, 2.75) is 33.2 Å². The van der Waals surface area contributed by atoms with E-state index in [4.69, 9.17) is 4.74 Å². The second-order valence-corrected chi connectivity index (χ2v) is 4.87. The van der Waals surface area contributed by atoms with Gasteiger partial charge in [-0.25, -0.2) is 9.78 Å². The first kappa shape index (κ1) is 12.2. The summed E-state index contributed by atoms with van der Waals surface area (Å²) >= 11 is 3.32. The Bertz CT molecular complexity index is 366. The number of nitrogens with zero attached hydrogens (tertiary/aromatic N) is 2. The van der Waals surface area contributed by atoms with Crippen LogP contribution in [0.25, 0.3) is 0 Å². The van der Waals surface area contributed by atoms with Crippen LogP contribution < -0.4 is 0 Å². The molecule has 4 nitrogen and oxygen atoms in total. The average molecular weight is 275 g/mol. The Hall–Kier alpha value is -0.840. The van der Waals surface area contributed by atoms with Crippen LogP contribution in [0.15, 0.2) is 10.9 Å². The van der Waals surface area contributed by atoms with Crippen molar-refractivity contribution in [1.29, 1.82) is 0 Å². The first-order valence-corrected chi connectivity index (χ1v) is 5.58. The summed E-state index contributed by atoms with van der Waals surface area (Å²) in [5, 5.41) is 0. The number of carbonyl (C=O) groups is 1. The Balaban J connectivity index is 3.01. The Labute approximate surface area is 97.8 Å². The topological polar surface area (TPSA) is 44.1 Å². The van der Waals surface area contributed by atoms with Crippen molar-refractivity contribution in [1.82, 2.24) is 9.55 Å². The Morgan fingerprint density at radius 3 is 2.60 bits per heavy atom. The van der Waals surface area contributed by atoms with E-state index in [1.54, 1.807) is 13.1 Å². The van der Waals surface area contributed by atoms with Gasteiger partial charge in [0, 0.05) is 11.7 Å². The number of imidazole rings is 1. The Morgan fingerprint density at radius 1 is 1.60 bits per heavy atom. The molecule has 0 bridgehead atoms. The summed E-state index contributed by atoms with van der Waals surface area (Å²) in [4.78, 5) is 15.5. The molecule has 0 atom stereocenters. The molecular formula is C10H15BrN2O2. The summed E-state index contributed by atoms with van der Waals surface area (Å²) in [7, 11) is 0. The quantitative estimate of drug-likeness (QED) is 0.779. The van der Waals surface area contributed by atoms with Gasteiger partial charge in [-0.1, -0.05) is 0 Å². The van der Waals surface area contributed by atoms with Gasteiger partial charge in [-0.15, -0.1) is 0 Å². The number of hydrogen-bond donors (Lipinski definition) is 0. The molecule has 0 saturated carbocycles. The van der Waals surface area contributed by atoms with Gasteiger partial charge in [-0.05, 0) is 43.6 Å². The average Bonchev–Trinajstić information content (AvgIpc) is 2.47. The lowest BCUT2D eigenvalue weighted by atomic mass is 10.1. The highest BCUT2D eigenvalue weighted by molar-refractivity contribution is 9.10. The van der Waals surface area contributed by atoms with Crippen LogP contribution in [-0.2, 0) is 10.3 Å². The molecule has 1 rings (SSSR count). The molecule has 1 heterocycles. The van der Waals surface area contributed by atoms with Gasteiger partial charge < -0.3 is 9.30 Å². The zero-order valence-electron chi connectivity index (χ0n) is 9.37. The van der Waals surface area contributed by atoms with Gasteiger partial charge in [0.25, 0.3) is 0 Å². The predicted molar refractivity (Wildman–Crippen MR) is 60.9 cm³/mol. The summed E-state index contributed by atoms with van der Waals surface area (Å²) in [5.41, 5.74) is 0.218. The molecule has 0 fully saturated rings. The summed E-state index contributed by atoms with van der Waals surface area (Å²) in [6.45, 7) is 8.24. The fourth-order valence-electron chi connectivity index (χ4n) is 1.13. The third kappa shape index (κ3) is 2.81. The highest BCUT2D eigenvalue weighted by Crippen LogP contribution is 2.21. The van der Waals surface area contributed by atoms with Crippen molar-refractivity contribution in [3.8, 4) is 0 Å². The van der Waals surface area contributed by atoms with Crippen LogP contribution >= 0.6 is 15.9 Å². The number of carbonyl (C=O) groups excluding carboxylic acids is 1. The van der Waals surface area contributed by atoms with Crippen LogP contribution in [0.2, 0.25) is 0 Å². The van der Waals surface area contributed by atoms with Gasteiger partial charge in [-0.2, -0.15) is 0 Å². The van der Waals surface area contributed by atoms with E-state index >= 15 is 0 Å². The molecule has 0 spiro atoms. The second kappa shape index (κ2) is 4.35. The number of halogens is 1. The van der Waals surface area contributed by atoms with Crippen molar-refractivity contribution in [3.63, 3.8) is 0 Å². The third-order valence-electron chi connectivity index (χ3n) is 1.87. The molecule has 0 saturated heterocycles. The number of esters is 1. The lowest BCUT2D eigenvalue weighted by molar-refractivity contribution is 0.0520. The third-order valence-corrected chi connectivity index (χ3v) is 2.43. The maximum Gasteiger partial charge on any atom is 0.358 e. The Morgan fingerprint density at radius 2 is 2.20 bits per heavy atom. The summed E-state index contributed by atoms with van der Waals surface area (Å²) < 4.78 is 7.40. The lowest BCUT2D eigenvalue weighted by Gasteiger charge is -2.21. The molecule has 0 radical (unpaired) electrons. The minimum absolute atomic E-state index is 0.115. The van der Waals surface area contributed by atoms with E-state index in [-0.39, 0.29) is 11.5 Å². The van der Waals surface area contributed by atoms with Gasteiger partial charge >= 0.3 is 5.97 Å². The van der Waals surface area contributed by atoms with Crippen LogP contribution in [0.1, 0.15) is 38.2 Å². The lowest BCUT2D eigenvalue weighted by Crippen LogP contribution is -2.21. The number of rotatable bonds is 2. The molecule has 0 unspecified atom stereocenters. The molecule has 1 aromatic rings. The van der Waals surface area contributed by atoms with Crippen LogP contribution in [-0.4, -0.2) is 22.1 Å². The molecular weight excluding hydrogens is 260 g/mol. The van der Waals surface area contributed by atoms with E-state index in [0.717, 1.165) is 0 Å². The van der Waals surface area contributed by atoms with Gasteiger partial charge in [0.2, 0.25) is 0 Å². The number of ether oxygens (including phenoxy) is 1. The van der Waals surface area contributed by atoms with E-state index in [1.807, 2.05) is 25.3 Å². The van der Waals surface area contributed by atoms with Crippen molar-refractivity contribution in [3.05, 3.63) is 16.6 Å². The molecule has 84 valence electrons. The van der Waals surface area contributed by atoms with Crippen LogP contribution in [0, 0.1) is 0 Å². The Kier molecular flexibility index (Phi) is 3.54. The summed E-state index contributed by atoms with van der Waals surface area (Å²) in [5.74, 6) is -0.388. The first-order chi connectivity index (χ1) is 6.86. The largest absolute Gasteiger partial charge is 0.461 e. The van der Waals surface area contributed by atoms with Crippen LogP contribution in [0.4, 0.5) is 0 Å². The zero-order chi connectivity index (χ0) is 11.6. The highest BCUT2D eigenvalue weighted by atomic mass is 79.9. The number of hydrogen-bond acceptors (Lipinski definition) is 3. The van der Waals surface area contributed by atoms with Crippen LogP contribution in [0.5, 0.6) is 0 Å². The number of aromatic nitrogens is 2. The smallest absolute Gasteiger partial charge is 0.358 e. The molecule has 5 heteroatoms. The molecule has 0 aliphatic heterocycles. The normalized spacial score (nSPS) is 11.5. The zero-order valence-corrected chi connectivity index (χ0v) is 11.0. The van der Waals surface area contributed by atoms with Gasteiger partial charge in [0.05, 0.1) is 6.61 Å². The molecule has 0 amide bonds. The van der Waals surface area contributed by atoms with E-state index < -0.39 is 0 Å².